The maximum absolute atomic E-state index is 11.6. The summed E-state index contributed by atoms with van der Waals surface area (Å²) in [6, 6.07) is 0.0944. The summed E-state index contributed by atoms with van der Waals surface area (Å²) in [6.45, 7) is 4.31. The number of likely N-dealkylation sites (tertiary alicyclic amines) is 1. The van der Waals surface area contributed by atoms with E-state index in [2.05, 4.69) is 5.32 Å². The zero-order valence-electron chi connectivity index (χ0n) is 8.86. The second kappa shape index (κ2) is 4.28. The summed E-state index contributed by atoms with van der Waals surface area (Å²) in [5.41, 5.74) is 0. The third-order valence-corrected chi connectivity index (χ3v) is 2.87. The van der Waals surface area contributed by atoms with Crippen molar-refractivity contribution in [3.05, 3.63) is 0 Å². The third kappa shape index (κ3) is 2.18. The van der Waals surface area contributed by atoms with Crippen molar-refractivity contribution in [2.24, 2.45) is 5.92 Å². The Morgan fingerprint density at radius 3 is 2.87 bits per heavy atom. The first kappa shape index (κ1) is 10.6. The summed E-state index contributed by atoms with van der Waals surface area (Å²) < 4.78 is 5.28. The summed E-state index contributed by atoms with van der Waals surface area (Å²) in [6.07, 6.45) is 0.354. The third-order valence-electron chi connectivity index (χ3n) is 2.87. The van der Waals surface area contributed by atoms with Crippen LogP contribution in [0, 0.1) is 5.92 Å². The Hall–Kier alpha value is -0.940. The standard InChI is InChI=1S/C10H16N2O3/c1-7-4-9(13)12(10(7)14)5-8-6-15-3-2-11-8/h7-8,11H,2-6H2,1H3. The Morgan fingerprint density at radius 2 is 2.33 bits per heavy atom. The van der Waals surface area contributed by atoms with Gasteiger partial charge in [0.25, 0.3) is 0 Å². The maximum Gasteiger partial charge on any atom is 0.232 e. The van der Waals surface area contributed by atoms with Crippen molar-refractivity contribution in [3.63, 3.8) is 0 Å². The van der Waals surface area contributed by atoms with Gasteiger partial charge >= 0.3 is 0 Å². The van der Waals surface area contributed by atoms with E-state index in [0.717, 1.165) is 6.54 Å². The quantitative estimate of drug-likeness (QED) is 0.619. The van der Waals surface area contributed by atoms with Gasteiger partial charge in [0, 0.05) is 31.5 Å². The van der Waals surface area contributed by atoms with E-state index < -0.39 is 0 Å². The van der Waals surface area contributed by atoms with Crippen LogP contribution in [-0.2, 0) is 14.3 Å². The van der Waals surface area contributed by atoms with Gasteiger partial charge in [0.1, 0.15) is 0 Å². The van der Waals surface area contributed by atoms with Gasteiger partial charge < -0.3 is 10.1 Å². The molecule has 5 nitrogen and oxygen atoms in total. The number of hydrogen-bond donors (Lipinski definition) is 1. The Labute approximate surface area is 88.8 Å². The molecular weight excluding hydrogens is 196 g/mol. The van der Waals surface area contributed by atoms with Crippen LogP contribution >= 0.6 is 0 Å². The molecule has 0 saturated carbocycles. The van der Waals surface area contributed by atoms with Gasteiger partial charge in [-0.05, 0) is 0 Å². The van der Waals surface area contributed by atoms with E-state index >= 15 is 0 Å². The molecule has 2 aliphatic heterocycles. The van der Waals surface area contributed by atoms with Crippen LogP contribution in [-0.4, -0.2) is 49.1 Å². The lowest BCUT2D eigenvalue weighted by Crippen LogP contribution is -2.49. The predicted octanol–water partition coefficient (Wildman–Crippen LogP) is -0.630. The van der Waals surface area contributed by atoms with E-state index in [4.69, 9.17) is 4.74 Å². The molecule has 0 aromatic carbocycles. The second-order valence-corrected chi connectivity index (χ2v) is 4.17. The number of ether oxygens (including phenoxy) is 1. The number of nitrogens with zero attached hydrogens (tertiary/aromatic N) is 1. The van der Waals surface area contributed by atoms with E-state index in [9.17, 15) is 9.59 Å². The lowest BCUT2D eigenvalue weighted by Gasteiger charge is -2.27. The molecule has 0 aromatic heterocycles. The van der Waals surface area contributed by atoms with Crippen LogP contribution in [0.2, 0.25) is 0 Å². The van der Waals surface area contributed by atoms with Gasteiger partial charge in [-0.25, -0.2) is 0 Å². The number of hydrogen-bond acceptors (Lipinski definition) is 4. The van der Waals surface area contributed by atoms with Gasteiger partial charge in [0.15, 0.2) is 0 Å². The fourth-order valence-electron chi connectivity index (χ4n) is 2.00. The summed E-state index contributed by atoms with van der Waals surface area (Å²) in [4.78, 5) is 24.5. The molecule has 0 radical (unpaired) electrons. The van der Waals surface area contributed by atoms with Gasteiger partial charge in [-0.1, -0.05) is 6.92 Å². The number of imide groups is 1. The molecule has 0 aliphatic carbocycles. The molecule has 0 aromatic rings. The number of morpholine rings is 1. The highest BCUT2D eigenvalue weighted by Crippen LogP contribution is 2.18. The summed E-state index contributed by atoms with van der Waals surface area (Å²) in [5, 5.41) is 3.23. The molecule has 84 valence electrons. The van der Waals surface area contributed by atoms with Crippen LogP contribution < -0.4 is 5.32 Å². The van der Waals surface area contributed by atoms with Crippen molar-refractivity contribution in [1.29, 1.82) is 0 Å². The molecule has 2 rings (SSSR count). The predicted molar refractivity (Wildman–Crippen MR) is 53.1 cm³/mol. The minimum absolute atomic E-state index is 0.0487. The van der Waals surface area contributed by atoms with Crippen LogP contribution in [0.15, 0.2) is 0 Å². The van der Waals surface area contributed by atoms with Gasteiger partial charge in [0.05, 0.1) is 13.2 Å². The summed E-state index contributed by atoms with van der Waals surface area (Å²) in [5.74, 6) is -0.255. The van der Waals surface area contributed by atoms with E-state index in [1.54, 1.807) is 6.92 Å². The highest BCUT2D eigenvalue weighted by molar-refractivity contribution is 6.03. The monoisotopic (exact) mass is 212 g/mol. The number of carbonyl (C=O) groups is 2. The first-order valence-electron chi connectivity index (χ1n) is 5.34. The van der Waals surface area contributed by atoms with Crippen LogP contribution in [0.4, 0.5) is 0 Å². The Kier molecular flexibility index (Phi) is 3.02. The molecule has 2 atom stereocenters. The van der Waals surface area contributed by atoms with E-state index in [1.807, 2.05) is 0 Å². The fraction of sp³-hybridized carbons (Fsp3) is 0.800. The van der Waals surface area contributed by atoms with Crippen LogP contribution in [0.5, 0.6) is 0 Å². The molecule has 1 N–H and O–H groups in total. The van der Waals surface area contributed by atoms with Crippen molar-refractivity contribution >= 4 is 11.8 Å². The van der Waals surface area contributed by atoms with Crippen LogP contribution in [0.25, 0.3) is 0 Å². The Morgan fingerprint density at radius 1 is 1.53 bits per heavy atom. The van der Waals surface area contributed by atoms with Crippen molar-refractivity contribution in [1.82, 2.24) is 10.2 Å². The Balaban J connectivity index is 1.93. The molecule has 2 aliphatic rings. The second-order valence-electron chi connectivity index (χ2n) is 4.17. The largest absolute Gasteiger partial charge is 0.378 e. The molecule has 2 fully saturated rings. The Bertz CT molecular complexity index is 274. The van der Waals surface area contributed by atoms with Gasteiger partial charge in [-0.2, -0.15) is 0 Å². The molecule has 2 amide bonds. The van der Waals surface area contributed by atoms with Gasteiger partial charge in [-0.3, -0.25) is 14.5 Å². The zero-order valence-corrected chi connectivity index (χ0v) is 8.86. The number of rotatable bonds is 2. The van der Waals surface area contributed by atoms with Crippen LogP contribution in [0.3, 0.4) is 0 Å². The van der Waals surface area contributed by atoms with Crippen molar-refractivity contribution in [2.45, 2.75) is 19.4 Å². The molecule has 0 spiro atoms. The lowest BCUT2D eigenvalue weighted by atomic mass is 10.1. The maximum atomic E-state index is 11.6. The molecule has 2 unspecified atom stereocenters. The number of amides is 2. The summed E-state index contributed by atoms with van der Waals surface area (Å²) in [7, 11) is 0. The van der Waals surface area contributed by atoms with E-state index in [0.29, 0.717) is 26.2 Å². The topological polar surface area (TPSA) is 58.6 Å². The molecule has 2 saturated heterocycles. The van der Waals surface area contributed by atoms with Crippen LogP contribution in [0.1, 0.15) is 13.3 Å². The smallest absolute Gasteiger partial charge is 0.232 e. The average molecular weight is 212 g/mol. The minimum atomic E-state index is -0.151. The average Bonchev–Trinajstić information content (AvgIpc) is 2.47. The minimum Gasteiger partial charge on any atom is -0.378 e. The van der Waals surface area contributed by atoms with Crippen molar-refractivity contribution < 1.29 is 14.3 Å². The first-order chi connectivity index (χ1) is 7.18. The van der Waals surface area contributed by atoms with E-state index in [1.165, 1.54) is 4.90 Å². The lowest BCUT2D eigenvalue weighted by molar-refractivity contribution is -0.140. The molecule has 0 bridgehead atoms. The van der Waals surface area contributed by atoms with Crippen molar-refractivity contribution in [2.75, 3.05) is 26.3 Å². The summed E-state index contributed by atoms with van der Waals surface area (Å²) >= 11 is 0. The normalized spacial score (nSPS) is 32.5. The highest BCUT2D eigenvalue weighted by atomic mass is 16.5. The first-order valence-corrected chi connectivity index (χ1v) is 5.34. The number of nitrogens with one attached hydrogen (secondary N) is 1. The van der Waals surface area contributed by atoms with Gasteiger partial charge in [0.2, 0.25) is 11.8 Å². The van der Waals surface area contributed by atoms with Gasteiger partial charge in [-0.15, -0.1) is 0 Å². The van der Waals surface area contributed by atoms with Crippen molar-refractivity contribution in [3.8, 4) is 0 Å². The zero-order chi connectivity index (χ0) is 10.8. The molecule has 5 heteroatoms. The molecule has 2 heterocycles. The highest BCUT2D eigenvalue weighted by Gasteiger charge is 2.36. The van der Waals surface area contributed by atoms with E-state index in [-0.39, 0.29) is 23.8 Å². The molecular formula is C10H16N2O3. The molecule has 15 heavy (non-hydrogen) atoms. The SMILES string of the molecule is CC1CC(=O)N(CC2COCCN2)C1=O. The number of carbonyl (C=O) groups excluding carboxylic acids is 2. The fourth-order valence-corrected chi connectivity index (χ4v) is 2.00.